The summed E-state index contributed by atoms with van der Waals surface area (Å²) in [5, 5.41) is 3.16. The smallest absolute Gasteiger partial charge is 0.413 e. The molecule has 0 saturated carbocycles. The van der Waals surface area contributed by atoms with Crippen molar-refractivity contribution in [3.8, 4) is 0 Å². The number of amides is 1. The van der Waals surface area contributed by atoms with Crippen LogP contribution in [0.2, 0.25) is 10.0 Å². The topological polar surface area (TPSA) is 64.6 Å². The van der Waals surface area contributed by atoms with Crippen molar-refractivity contribution in [1.82, 2.24) is 0 Å². The zero-order chi connectivity index (χ0) is 17.6. The van der Waals surface area contributed by atoms with Gasteiger partial charge in [0.25, 0.3) is 0 Å². The molecule has 0 aliphatic carbocycles. The number of benzene rings is 1. The van der Waals surface area contributed by atoms with Crippen molar-refractivity contribution in [2.24, 2.45) is 5.92 Å². The molecule has 7 heteroatoms. The lowest BCUT2D eigenvalue weighted by molar-refractivity contribution is -0.159. The van der Waals surface area contributed by atoms with Crippen LogP contribution in [0, 0.1) is 5.92 Å². The largest absolute Gasteiger partial charge is 0.462 e. The average Bonchev–Trinajstić information content (AvgIpc) is 2.42. The zero-order valence-electron chi connectivity index (χ0n) is 13.2. The van der Waals surface area contributed by atoms with E-state index in [2.05, 4.69) is 11.9 Å². The molecule has 5 nitrogen and oxygen atoms in total. The number of carbonyl (C=O) groups is 2. The Bertz CT molecular complexity index is 583. The molecule has 126 valence electrons. The minimum atomic E-state index is -1.60. The van der Waals surface area contributed by atoms with E-state index in [4.69, 9.17) is 32.7 Å². The summed E-state index contributed by atoms with van der Waals surface area (Å²) in [6.45, 7) is 8.93. The molecule has 0 bridgehead atoms. The number of anilines is 1. The molecular weight excluding hydrogens is 341 g/mol. The second-order valence-corrected chi connectivity index (χ2v) is 6.35. The van der Waals surface area contributed by atoms with Gasteiger partial charge in [0.2, 0.25) is 5.60 Å². The van der Waals surface area contributed by atoms with Crippen LogP contribution in [-0.4, -0.2) is 24.3 Å². The van der Waals surface area contributed by atoms with Crippen LogP contribution < -0.4 is 5.32 Å². The van der Waals surface area contributed by atoms with E-state index in [0.717, 1.165) is 0 Å². The second kappa shape index (κ2) is 8.22. The summed E-state index contributed by atoms with van der Waals surface area (Å²) in [5.41, 5.74) is -1.25. The van der Waals surface area contributed by atoms with E-state index >= 15 is 0 Å². The first-order chi connectivity index (χ1) is 10.7. The quantitative estimate of drug-likeness (QED) is 0.591. The van der Waals surface area contributed by atoms with Crippen LogP contribution >= 0.6 is 23.2 Å². The van der Waals surface area contributed by atoms with Gasteiger partial charge < -0.3 is 9.47 Å². The van der Waals surface area contributed by atoms with Crippen molar-refractivity contribution >= 4 is 41.0 Å². The van der Waals surface area contributed by atoms with Gasteiger partial charge in [0.1, 0.15) is 0 Å². The molecule has 1 amide bonds. The molecule has 0 radical (unpaired) electrons. The molecule has 1 N–H and O–H groups in total. The predicted molar refractivity (Wildman–Crippen MR) is 91.0 cm³/mol. The van der Waals surface area contributed by atoms with Gasteiger partial charge >= 0.3 is 12.1 Å². The van der Waals surface area contributed by atoms with Crippen molar-refractivity contribution in [2.75, 3.05) is 11.9 Å². The van der Waals surface area contributed by atoms with Gasteiger partial charge in [-0.1, -0.05) is 43.6 Å². The van der Waals surface area contributed by atoms with Gasteiger partial charge in [-0.05, 0) is 37.1 Å². The first-order valence-corrected chi connectivity index (χ1v) is 7.69. The standard InChI is InChI=1S/C16H19Cl2NO4/c1-5-16(4,14(20)22-9-10(2)3)23-15(21)19-13-7-11(17)6-12(18)8-13/h5-8,10H,1,9H2,2-4H3,(H,19,21). The van der Waals surface area contributed by atoms with Crippen LogP contribution in [0.1, 0.15) is 20.8 Å². The monoisotopic (exact) mass is 359 g/mol. The van der Waals surface area contributed by atoms with Crippen LogP contribution in [0.15, 0.2) is 30.9 Å². The van der Waals surface area contributed by atoms with Gasteiger partial charge in [-0.3, -0.25) is 5.32 Å². The summed E-state index contributed by atoms with van der Waals surface area (Å²) < 4.78 is 10.2. The van der Waals surface area contributed by atoms with Crippen molar-refractivity contribution < 1.29 is 19.1 Å². The van der Waals surface area contributed by atoms with Crippen LogP contribution in [0.3, 0.4) is 0 Å². The lowest BCUT2D eigenvalue weighted by Crippen LogP contribution is -2.41. The summed E-state index contributed by atoms with van der Waals surface area (Å²) in [7, 11) is 0. The molecule has 0 heterocycles. The fourth-order valence-corrected chi connectivity index (χ4v) is 2.04. The molecule has 0 fully saturated rings. The molecule has 1 rings (SSSR count). The maximum Gasteiger partial charge on any atom is 0.413 e. The zero-order valence-corrected chi connectivity index (χ0v) is 14.7. The Kier molecular flexibility index (Phi) is 6.91. The van der Waals surface area contributed by atoms with Crippen LogP contribution in [0.5, 0.6) is 0 Å². The normalized spacial score (nSPS) is 13.1. The van der Waals surface area contributed by atoms with Crippen molar-refractivity contribution in [1.29, 1.82) is 0 Å². The summed E-state index contributed by atoms with van der Waals surface area (Å²) >= 11 is 11.7. The molecule has 0 aliphatic rings. The van der Waals surface area contributed by atoms with Crippen molar-refractivity contribution in [3.63, 3.8) is 0 Å². The first-order valence-electron chi connectivity index (χ1n) is 6.93. The number of halogens is 2. The van der Waals surface area contributed by atoms with Gasteiger partial charge in [-0.2, -0.15) is 0 Å². The maximum absolute atomic E-state index is 12.1. The Labute approximate surface area is 145 Å². The minimum Gasteiger partial charge on any atom is -0.462 e. The van der Waals surface area contributed by atoms with Gasteiger partial charge in [0.15, 0.2) is 0 Å². The van der Waals surface area contributed by atoms with Crippen LogP contribution in [-0.2, 0) is 14.3 Å². The molecule has 0 aromatic heterocycles. The fraction of sp³-hybridized carbons (Fsp3) is 0.375. The summed E-state index contributed by atoms with van der Waals surface area (Å²) in [6.07, 6.45) is 0.354. The van der Waals surface area contributed by atoms with E-state index in [-0.39, 0.29) is 12.5 Å². The van der Waals surface area contributed by atoms with Crippen LogP contribution in [0.4, 0.5) is 10.5 Å². The van der Waals surface area contributed by atoms with Gasteiger partial charge in [0, 0.05) is 15.7 Å². The third-order valence-electron chi connectivity index (χ3n) is 2.76. The highest BCUT2D eigenvalue weighted by Crippen LogP contribution is 2.23. The van der Waals surface area contributed by atoms with E-state index in [9.17, 15) is 9.59 Å². The SMILES string of the molecule is C=CC(C)(OC(=O)Nc1cc(Cl)cc(Cl)c1)C(=O)OCC(C)C. The summed E-state index contributed by atoms with van der Waals surface area (Å²) in [5.74, 6) is -0.532. The van der Waals surface area contributed by atoms with Crippen molar-refractivity contribution in [3.05, 3.63) is 40.9 Å². The van der Waals surface area contributed by atoms with E-state index in [1.165, 1.54) is 31.2 Å². The molecule has 0 saturated heterocycles. The number of carbonyl (C=O) groups excluding carboxylic acids is 2. The number of ether oxygens (including phenoxy) is 2. The molecule has 0 spiro atoms. The van der Waals surface area contributed by atoms with Gasteiger partial charge in [0.05, 0.1) is 6.61 Å². The summed E-state index contributed by atoms with van der Waals surface area (Å²) in [6, 6.07) is 4.52. The number of hydrogen-bond donors (Lipinski definition) is 1. The average molecular weight is 360 g/mol. The van der Waals surface area contributed by atoms with E-state index in [0.29, 0.717) is 15.7 Å². The number of nitrogens with one attached hydrogen (secondary N) is 1. The lowest BCUT2D eigenvalue weighted by atomic mass is 10.1. The Balaban J connectivity index is 2.75. The van der Waals surface area contributed by atoms with E-state index in [1.807, 2.05) is 13.8 Å². The molecule has 1 aromatic carbocycles. The van der Waals surface area contributed by atoms with Gasteiger partial charge in [-0.15, -0.1) is 0 Å². The Morgan fingerprint density at radius 1 is 1.30 bits per heavy atom. The highest BCUT2D eigenvalue weighted by molar-refractivity contribution is 6.35. The first kappa shape index (κ1) is 19.3. The molecule has 1 unspecified atom stereocenters. The number of hydrogen-bond acceptors (Lipinski definition) is 4. The Hall–Kier alpha value is -1.72. The Morgan fingerprint density at radius 3 is 2.35 bits per heavy atom. The molecule has 23 heavy (non-hydrogen) atoms. The minimum absolute atomic E-state index is 0.162. The Morgan fingerprint density at radius 2 is 1.87 bits per heavy atom. The maximum atomic E-state index is 12.1. The fourth-order valence-electron chi connectivity index (χ4n) is 1.51. The second-order valence-electron chi connectivity index (χ2n) is 5.48. The van der Waals surface area contributed by atoms with Gasteiger partial charge in [-0.25, -0.2) is 9.59 Å². The van der Waals surface area contributed by atoms with Crippen molar-refractivity contribution in [2.45, 2.75) is 26.4 Å². The lowest BCUT2D eigenvalue weighted by Gasteiger charge is -2.24. The third kappa shape index (κ3) is 6.12. The molecule has 0 aliphatic heterocycles. The third-order valence-corrected chi connectivity index (χ3v) is 3.19. The van der Waals surface area contributed by atoms with E-state index in [1.54, 1.807) is 0 Å². The predicted octanol–water partition coefficient (Wildman–Crippen LogP) is 4.69. The van der Waals surface area contributed by atoms with Crippen LogP contribution in [0.25, 0.3) is 0 Å². The molecule has 1 atom stereocenters. The highest BCUT2D eigenvalue weighted by Gasteiger charge is 2.36. The molecular formula is C16H19Cl2NO4. The summed E-state index contributed by atoms with van der Waals surface area (Å²) in [4.78, 5) is 24.0. The molecule has 1 aromatic rings. The number of esters is 1. The van der Waals surface area contributed by atoms with E-state index < -0.39 is 17.7 Å². The number of rotatable bonds is 6. The highest BCUT2D eigenvalue weighted by atomic mass is 35.5.